The molecule has 0 bridgehead atoms. The van der Waals surface area contributed by atoms with Crippen LogP contribution in [0.25, 0.3) is 0 Å². The van der Waals surface area contributed by atoms with Crippen molar-refractivity contribution in [3.8, 4) is 0 Å². The third-order valence-corrected chi connectivity index (χ3v) is 1.85. The van der Waals surface area contributed by atoms with E-state index < -0.39 is 0 Å². The summed E-state index contributed by atoms with van der Waals surface area (Å²) in [5, 5.41) is 0. The molecule has 0 heterocycles. The van der Waals surface area contributed by atoms with E-state index in [2.05, 4.69) is 6.92 Å². The molecule has 2 nitrogen and oxygen atoms in total. The summed E-state index contributed by atoms with van der Waals surface area (Å²) in [5.74, 6) is 1.44. The normalized spacial score (nSPS) is 26.0. The predicted molar refractivity (Wildman–Crippen MR) is 38.5 cm³/mol. The number of ketones is 1. The highest BCUT2D eigenvalue weighted by atomic mass is 16.5. The van der Waals surface area contributed by atoms with Crippen LogP contribution >= 0.6 is 0 Å². The van der Waals surface area contributed by atoms with Crippen molar-refractivity contribution in [3.05, 3.63) is 11.8 Å². The second-order valence-corrected chi connectivity index (χ2v) is 2.66. The van der Waals surface area contributed by atoms with Gasteiger partial charge in [-0.15, -0.1) is 0 Å². The van der Waals surface area contributed by atoms with Crippen LogP contribution in [0, 0.1) is 5.92 Å². The molecule has 0 aromatic carbocycles. The Hall–Kier alpha value is -0.790. The molecular formula is C8H12O2. The summed E-state index contributed by atoms with van der Waals surface area (Å²) in [6.45, 7) is 2.07. The third kappa shape index (κ3) is 1.38. The molecule has 0 saturated carbocycles. The number of carbonyl (C=O) groups excluding carboxylic acids is 1. The van der Waals surface area contributed by atoms with Crippen molar-refractivity contribution < 1.29 is 9.53 Å². The standard InChI is InChI=1S/C8H12O2/c1-6-3-4-7(9)5-8(6)10-2/h5-6H,3-4H2,1-2H3. The van der Waals surface area contributed by atoms with Crippen LogP contribution in [-0.2, 0) is 9.53 Å². The molecule has 0 aromatic rings. The molecule has 1 atom stereocenters. The van der Waals surface area contributed by atoms with Gasteiger partial charge in [0.2, 0.25) is 0 Å². The lowest BCUT2D eigenvalue weighted by atomic mass is 9.95. The lowest BCUT2D eigenvalue weighted by Crippen LogP contribution is -2.12. The molecule has 1 aliphatic carbocycles. The topological polar surface area (TPSA) is 26.3 Å². The first kappa shape index (κ1) is 7.32. The molecule has 1 rings (SSSR count). The Labute approximate surface area is 60.9 Å². The third-order valence-electron chi connectivity index (χ3n) is 1.85. The van der Waals surface area contributed by atoms with Gasteiger partial charge in [0.25, 0.3) is 0 Å². The van der Waals surface area contributed by atoms with Crippen LogP contribution in [0.2, 0.25) is 0 Å². The molecule has 0 aromatic heterocycles. The van der Waals surface area contributed by atoms with Gasteiger partial charge in [0, 0.05) is 18.4 Å². The molecule has 0 N–H and O–H groups in total. The number of hydrogen-bond acceptors (Lipinski definition) is 2. The van der Waals surface area contributed by atoms with Crippen molar-refractivity contribution in [2.24, 2.45) is 5.92 Å². The van der Waals surface area contributed by atoms with Crippen LogP contribution in [0.5, 0.6) is 0 Å². The van der Waals surface area contributed by atoms with Gasteiger partial charge in [-0.3, -0.25) is 4.79 Å². The summed E-state index contributed by atoms with van der Waals surface area (Å²) in [6.07, 6.45) is 3.21. The van der Waals surface area contributed by atoms with E-state index in [0.717, 1.165) is 12.2 Å². The minimum atomic E-state index is 0.190. The van der Waals surface area contributed by atoms with Gasteiger partial charge < -0.3 is 4.74 Å². The quantitative estimate of drug-likeness (QED) is 0.552. The maximum atomic E-state index is 10.8. The Morgan fingerprint density at radius 3 is 2.90 bits per heavy atom. The predicted octanol–water partition coefficient (Wildman–Crippen LogP) is 1.52. The average molecular weight is 140 g/mol. The molecule has 0 radical (unpaired) electrons. The Kier molecular flexibility index (Phi) is 2.10. The zero-order valence-corrected chi connectivity index (χ0v) is 6.39. The van der Waals surface area contributed by atoms with Gasteiger partial charge in [-0.1, -0.05) is 6.92 Å². The molecular weight excluding hydrogens is 128 g/mol. The Morgan fingerprint density at radius 2 is 2.40 bits per heavy atom. The number of rotatable bonds is 1. The number of methoxy groups -OCH3 is 1. The highest BCUT2D eigenvalue weighted by molar-refractivity contribution is 5.90. The Morgan fingerprint density at radius 1 is 1.70 bits per heavy atom. The van der Waals surface area contributed by atoms with E-state index in [0.29, 0.717) is 12.3 Å². The van der Waals surface area contributed by atoms with Gasteiger partial charge in [-0.2, -0.15) is 0 Å². The first-order valence-corrected chi connectivity index (χ1v) is 3.52. The smallest absolute Gasteiger partial charge is 0.159 e. The van der Waals surface area contributed by atoms with Crippen molar-refractivity contribution >= 4 is 5.78 Å². The fourth-order valence-electron chi connectivity index (χ4n) is 1.13. The number of allylic oxidation sites excluding steroid dienone is 2. The fraction of sp³-hybridized carbons (Fsp3) is 0.625. The van der Waals surface area contributed by atoms with Crippen molar-refractivity contribution in [2.75, 3.05) is 7.11 Å². The molecule has 56 valence electrons. The second kappa shape index (κ2) is 2.86. The van der Waals surface area contributed by atoms with Gasteiger partial charge in [0.1, 0.15) is 5.76 Å². The monoisotopic (exact) mass is 140 g/mol. The van der Waals surface area contributed by atoms with Gasteiger partial charge in [-0.25, -0.2) is 0 Å². The Bertz CT molecular complexity index is 170. The summed E-state index contributed by atoms with van der Waals surface area (Å²) in [6, 6.07) is 0. The van der Waals surface area contributed by atoms with Crippen molar-refractivity contribution in [1.82, 2.24) is 0 Å². The first-order valence-electron chi connectivity index (χ1n) is 3.52. The molecule has 1 aliphatic rings. The van der Waals surface area contributed by atoms with Crippen LogP contribution in [-0.4, -0.2) is 12.9 Å². The van der Waals surface area contributed by atoms with Crippen LogP contribution < -0.4 is 0 Å². The summed E-state index contributed by atoms with van der Waals surface area (Å²) in [5.41, 5.74) is 0. The van der Waals surface area contributed by atoms with E-state index in [1.807, 2.05) is 0 Å². The molecule has 0 saturated heterocycles. The first-order chi connectivity index (χ1) is 4.74. The largest absolute Gasteiger partial charge is 0.501 e. The lowest BCUT2D eigenvalue weighted by Gasteiger charge is -2.17. The molecule has 1 unspecified atom stereocenters. The molecule has 0 fully saturated rings. The van der Waals surface area contributed by atoms with Crippen molar-refractivity contribution in [3.63, 3.8) is 0 Å². The van der Waals surface area contributed by atoms with Crippen molar-refractivity contribution in [1.29, 1.82) is 0 Å². The van der Waals surface area contributed by atoms with Crippen molar-refractivity contribution in [2.45, 2.75) is 19.8 Å². The highest BCUT2D eigenvalue weighted by Gasteiger charge is 2.17. The number of carbonyl (C=O) groups is 1. The van der Waals surface area contributed by atoms with E-state index >= 15 is 0 Å². The van der Waals surface area contributed by atoms with Gasteiger partial charge in [0.15, 0.2) is 5.78 Å². The summed E-state index contributed by atoms with van der Waals surface area (Å²) < 4.78 is 5.01. The van der Waals surface area contributed by atoms with E-state index in [9.17, 15) is 4.79 Å². The zero-order chi connectivity index (χ0) is 7.56. The van der Waals surface area contributed by atoms with E-state index in [1.165, 1.54) is 0 Å². The molecule has 2 heteroatoms. The van der Waals surface area contributed by atoms with Crippen LogP contribution in [0.4, 0.5) is 0 Å². The average Bonchev–Trinajstić information content (AvgIpc) is 1.94. The second-order valence-electron chi connectivity index (χ2n) is 2.66. The maximum Gasteiger partial charge on any atom is 0.159 e. The summed E-state index contributed by atoms with van der Waals surface area (Å²) >= 11 is 0. The fourth-order valence-corrected chi connectivity index (χ4v) is 1.13. The van der Waals surface area contributed by atoms with Crippen LogP contribution in [0.3, 0.4) is 0 Å². The van der Waals surface area contributed by atoms with E-state index in [4.69, 9.17) is 4.74 Å². The van der Waals surface area contributed by atoms with Gasteiger partial charge in [0.05, 0.1) is 7.11 Å². The molecule has 10 heavy (non-hydrogen) atoms. The van der Waals surface area contributed by atoms with E-state index in [-0.39, 0.29) is 5.78 Å². The van der Waals surface area contributed by atoms with Crippen LogP contribution in [0.15, 0.2) is 11.8 Å². The van der Waals surface area contributed by atoms with Crippen LogP contribution in [0.1, 0.15) is 19.8 Å². The zero-order valence-electron chi connectivity index (χ0n) is 6.39. The summed E-state index contributed by atoms with van der Waals surface area (Å²) in [4.78, 5) is 10.8. The van der Waals surface area contributed by atoms with Gasteiger partial charge in [-0.05, 0) is 6.42 Å². The molecule has 0 aliphatic heterocycles. The Balaban J connectivity index is 2.71. The highest BCUT2D eigenvalue weighted by Crippen LogP contribution is 2.22. The maximum absolute atomic E-state index is 10.8. The van der Waals surface area contributed by atoms with E-state index in [1.54, 1.807) is 13.2 Å². The molecule has 0 spiro atoms. The minimum Gasteiger partial charge on any atom is -0.501 e. The minimum absolute atomic E-state index is 0.190. The lowest BCUT2D eigenvalue weighted by molar-refractivity contribution is -0.115. The number of hydrogen-bond donors (Lipinski definition) is 0. The molecule has 0 amide bonds. The van der Waals surface area contributed by atoms with Gasteiger partial charge >= 0.3 is 0 Å². The SMILES string of the molecule is COC1=CC(=O)CCC1C. The number of ether oxygens (including phenoxy) is 1. The summed E-state index contributed by atoms with van der Waals surface area (Å²) in [7, 11) is 1.61.